The molecule has 1 atom stereocenters. The molecule has 4 heteroatoms. The average molecular weight is 283 g/mol. The second kappa shape index (κ2) is 4.97. The third-order valence-electron chi connectivity index (χ3n) is 2.81. The zero-order chi connectivity index (χ0) is 11.5. The molecule has 3 nitrogen and oxygen atoms in total. The molecule has 0 heterocycles. The fourth-order valence-corrected chi connectivity index (χ4v) is 2.19. The first-order valence-corrected chi connectivity index (χ1v) is 6.25. The van der Waals surface area contributed by atoms with Crippen LogP contribution in [-0.4, -0.2) is 12.5 Å². The Balaban J connectivity index is 2.11. The second-order valence-electron chi connectivity index (χ2n) is 4.21. The number of carbonyl (C=O) groups is 1. The lowest BCUT2D eigenvalue weighted by atomic mass is 10.1. The van der Waals surface area contributed by atoms with E-state index in [1.54, 1.807) is 0 Å². The molecule has 0 aromatic heterocycles. The Morgan fingerprint density at radius 1 is 1.50 bits per heavy atom. The van der Waals surface area contributed by atoms with Crippen LogP contribution in [0, 0.1) is 5.92 Å². The number of nitrogens with two attached hydrogens (primary N) is 1. The first-order chi connectivity index (χ1) is 7.68. The number of primary amides is 1. The third-order valence-corrected chi connectivity index (χ3v) is 3.53. The normalized spacial score (nSPS) is 17.1. The molecular formula is C12H15BrN2O. The van der Waals surface area contributed by atoms with E-state index in [-0.39, 0.29) is 5.91 Å². The van der Waals surface area contributed by atoms with E-state index in [1.807, 2.05) is 24.3 Å². The molecule has 1 fully saturated rings. The molecule has 0 spiro atoms. The van der Waals surface area contributed by atoms with Crippen LogP contribution in [0.2, 0.25) is 0 Å². The molecule has 1 aliphatic carbocycles. The van der Waals surface area contributed by atoms with E-state index in [0.717, 1.165) is 22.5 Å². The van der Waals surface area contributed by atoms with Crippen LogP contribution >= 0.6 is 15.9 Å². The monoisotopic (exact) mass is 282 g/mol. The molecule has 3 N–H and O–H groups in total. The highest BCUT2D eigenvalue weighted by Crippen LogP contribution is 2.29. The Bertz CT molecular complexity index is 390. The first-order valence-electron chi connectivity index (χ1n) is 5.45. The van der Waals surface area contributed by atoms with Crippen molar-refractivity contribution in [3.8, 4) is 0 Å². The molecule has 1 unspecified atom stereocenters. The SMILES string of the molecule is NC(=O)C(NCC1CC1)c1ccccc1Br. The Hall–Kier alpha value is -0.870. The Kier molecular flexibility index (Phi) is 3.61. The summed E-state index contributed by atoms with van der Waals surface area (Å²) in [6.45, 7) is 0.870. The molecule has 0 radical (unpaired) electrons. The largest absolute Gasteiger partial charge is 0.368 e. The average Bonchev–Trinajstić information content (AvgIpc) is 3.04. The molecular weight excluding hydrogens is 268 g/mol. The van der Waals surface area contributed by atoms with E-state index in [2.05, 4.69) is 21.2 Å². The predicted octanol–water partition coefficient (Wildman–Crippen LogP) is 1.98. The molecule has 0 aliphatic heterocycles. The molecule has 86 valence electrons. The van der Waals surface area contributed by atoms with Gasteiger partial charge >= 0.3 is 0 Å². The Labute approximate surface area is 104 Å². The summed E-state index contributed by atoms with van der Waals surface area (Å²) < 4.78 is 0.919. The second-order valence-corrected chi connectivity index (χ2v) is 5.06. The summed E-state index contributed by atoms with van der Waals surface area (Å²) >= 11 is 3.44. The molecule has 1 saturated carbocycles. The van der Waals surface area contributed by atoms with Crippen molar-refractivity contribution in [2.45, 2.75) is 18.9 Å². The van der Waals surface area contributed by atoms with Crippen LogP contribution in [0.15, 0.2) is 28.7 Å². The van der Waals surface area contributed by atoms with Gasteiger partial charge in [0.15, 0.2) is 0 Å². The molecule has 16 heavy (non-hydrogen) atoms. The van der Waals surface area contributed by atoms with E-state index < -0.39 is 6.04 Å². The van der Waals surface area contributed by atoms with Crippen LogP contribution in [0.5, 0.6) is 0 Å². The van der Waals surface area contributed by atoms with Crippen molar-refractivity contribution < 1.29 is 4.79 Å². The van der Waals surface area contributed by atoms with Crippen molar-refractivity contribution >= 4 is 21.8 Å². The van der Waals surface area contributed by atoms with Gasteiger partial charge in [-0.2, -0.15) is 0 Å². The maximum absolute atomic E-state index is 11.4. The van der Waals surface area contributed by atoms with E-state index in [1.165, 1.54) is 12.8 Å². The topological polar surface area (TPSA) is 55.1 Å². The highest BCUT2D eigenvalue weighted by molar-refractivity contribution is 9.10. The number of carbonyl (C=O) groups excluding carboxylic acids is 1. The van der Waals surface area contributed by atoms with Gasteiger partial charge < -0.3 is 11.1 Å². The van der Waals surface area contributed by atoms with Crippen molar-refractivity contribution in [1.82, 2.24) is 5.32 Å². The number of benzene rings is 1. The van der Waals surface area contributed by atoms with E-state index in [0.29, 0.717) is 0 Å². The van der Waals surface area contributed by atoms with E-state index in [9.17, 15) is 4.79 Å². The fraction of sp³-hybridized carbons (Fsp3) is 0.417. The van der Waals surface area contributed by atoms with Crippen LogP contribution in [0.4, 0.5) is 0 Å². The molecule has 2 rings (SSSR count). The lowest BCUT2D eigenvalue weighted by molar-refractivity contribution is -0.120. The molecule has 1 aliphatic rings. The molecule has 1 aromatic carbocycles. The Morgan fingerprint density at radius 2 is 2.19 bits per heavy atom. The van der Waals surface area contributed by atoms with Gasteiger partial charge in [-0.1, -0.05) is 34.1 Å². The highest BCUT2D eigenvalue weighted by Gasteiger charge is 2.25. The van der Waals surface area contributed by atoms with Crippen molar-refractivity contribution in [1.29, 1.82) is 0 Å². The van der Waals surface area contributed by atoms with Gasteiger partial charge in [-0.05, 0) is 36.9 Å². The van der Waals surface area contributed by atoms with Crippen LogP contribution < -0.4 is 11.1 Å². The van der Waals surface area contributed by atoms with Crippen LogP contribution in [0.1, 0.15) is 24.4 Å². The Morgan fingerprint density at radius 3 is 2.75 bits per heavy atom. The summed E-state index contributed by atoms with van der Waals surface area (Å²) in [7, 11) is 0. The van der Waals surface area contributed by atoms with Crippen LogP contribution in [0.3, 0.4) is 0 Å². The summed E-state index contributed by atoms with van der Waals surface area (Å²) in [6, 6.07) is 7.28. The van der Waals surface area contributed by atoms with Crippen molar-refractivity contribution in [3.05, 3.63) is 34.3 Å². The fourth-order valence-electron chi connectivity index (χ4n) is 1.68. The van der Waals surface area contributed by atoms with E-state index >= 15 is 0 Å². The summed E-state index contributed by atoms with van der Waals surface area (Å²) in [4.78, 5) is 11.4. The molecule has 0 saturated heterocycles. The maximum Gasteiger partial charge on any atom is 0.239 e. The van der Waals surface area contributed by atoms with Gasteiger partial charge in [-0.15, -0.1) is 0 Å². The maximum atomic E-state index is 11.4. The summed E-state index contributed by atoms with van der Waals surface area (Å²) in [5.41, 5.74) is 6.33. The predicted molar refractivity (Wildman–Crippen MR) is 66.8 cm³/mol. The lowest BCUT2D eigenvalue weighted by Gasteiger charge is -2.16. The molecule has 0 bridgehead atoms. The van der Waals surface area contributed by atoms with Gasteiger partial charge in [0.05, 0.1) is 0 Å². The van der Waals surface area contributed by atoms with Gasteiger partial charge in [-0.25, -0.2) is 0 Å². The summed E-state index contributed by atoms with van der Waals surface area (Å²) in [5, 5.41) is 3.23. The number of hydrogen-bond acceptors (Lipinski definition) is 2. The molecule has 1 amide bonds. The van der Waals surface area contributed by atoms with Gasteiger partial charge in [0.2, 0.25) is 5.91 Å². The van der Waals surface area contributed by atoms with Gasteiger partial charge in [0.25, 0.3) is 0 Å². The third kappa shape index (κ3) is 2.83. The van der Waals surface area contributed by atoms with Gasteiger partial charge in [0, 0.05) is 4.47 Å². The number of amides is 1. The van der Waals surface area contributed by atoms with Crippen molar-refractivity contribution in [2.75, 3.05) is 6.54 Å². The smallest absolute Gasteiger partial charge is 0.239 e. The number of halogens is 1. The standard InChI is InChI=1S/C12H15BrN2O/c13-10-4-2-1-3-9(10)11(12(14)16)15-7-8-5-6-8/h1-4,8,11,15H,5-7H2,(H2,14,16). The van der Waals surface area contributed by atoms with E-state index in [4.69, 9.17) is 5.73 Å². The molecule has 1 aromatic rings. The van der Waals surface area contributed by atoms with Gasteiger partial charge in [0.1, 0.15) is 6.04 Å². The summed E-state index contributed by atoms with van der Waals surface area (Å²) in [5.74, 6) is 0.400. The van der Waals surface area contributed by atoms with Crippen molar-refractivity contribution in [2.24, 2.45) is 11.7 Å². The minimum Gasteiger partial charge on any atom is -0.368 e. The quantitative estimate of drug-likeness (QED) is 0.868. The minimum atomic E-state index is -0.392. The van der Waals surface area contributed by atoms with Gasteiger partial charge in [-0.3, -0.25) is 4.79 Å². The summed E-state index contributed by atoms with van der Waals surface area (Å²) in [6.07, 6.45) is 2.52. The van der Waals surface area contributed by atoms with Crippen molar-refractivity contribution in [3.63, 3.8) is 0 Å². The minimum absolute atomic E-state index is 0.326. The number of nitrogens with one attached hydrogen (secondary N) is 1. The first kappa shape index (κ1) is 11.6. The van der Waals surface area contributed by atoms with Crippen LogP contribution in [0.25, 0.3) is 0 Å². The number of hydrogen-bond donors (Lipinski definition) is 2. The highest BCUT2D eigenvalue weighted by atomic mass is 79.9. The number of rotatable bonds is 5. The van der Waals surface area contributed by atoms with Crippen LogP contribution in [-0.2, 0) is 4.79 Å². The zero-order valence-electron chi connectivity index (χ0n) is 8.95. The lowest BCUT2D eigenvalue weighted by Crippen LogP contribution is -2.35. The zero-order valence-corrected chi connectivity index (χ0v) is 10.5.